The first-order chi connectivity index (χ1) is 19.0. The molecule has 1 unspecified atom stereocenters. The quantitative estimate of drug-likeness (QED) is 0.296. The summed E-state index contributed by atoms with van der Waals surface area (Å²) >= 11 is 0. The van der Waals surface area contributed by atoms with E-state index in [1.165, 1.54) is 29.9 Å². The largest absolute Gasteiger partial charge is 0.395 e. The minimum atomic E-state index is -4.19. The summed E-state index contributed by atoms with van der Waals surface area (Å²) in [6.45, 7) is 0.0196. The van der Waals surface area contributed by atoms with Gasteiger partial charge in [-0.2, -0.15) is 13.2 Å². The molecule has 3 amide bonds. The lowest BCUT2D eigenvalue weighted by Crippen LogP contribution is -2.52. The topological polar surface area (TPSA) is 90.5 Å². The molecule has 3 N–H and O–H groups in total. The molecule has 0 bridgehead atoms. The molecule has 6 rings (SSSR count). The Morgan fingerprint density at radius 1 is 1.00 bits per heavy atom. The minimum Gasteiger partial charge on any atom is -0.377 e. The van der Waals surface area contributed by atoms with Crippen LogP contribution < -0.4 is 16.0 Å². The second kappa shape index (κ2) is 9.99. The van der Waals surface area contributed by atoms with Gasteiger partial charge < -0.3 is 15.5 Å². The average Bonchev–Trinajstić information content (AvgIpc) is 3.83. The molecule has 1 aromatic carbocycles. The molecule has 2 aliphatic heterocycles. The molecule has 40 heavy (non-hydrogen) atoms. The summed E-state index contributed by atoms with van der Waals surface area (Å²) < 4.78 is 55.6. The first-order valence-corrected chi connectivity index (χ1v) is 14.5. The Labute approximate surface area is 230 Å². The van der Waals surface area contributed by atoms with E-state index in [0.29, 0.717) is 42.7 Å². The number of imide groups is 1. The zero-order valence-corrected chi connectivity index (χ0v) is 22.5. The third kappa shape index (κ3) is 5.21. The van der Waals surface area contributed by atoms with Gasteiger partial charge in [-0.15, -0.1) is 0 Å². The van der Waals surface area contributed by atoms with E-state index in [4.69, 9.17) is 0 Å². The van der Waals surface area contributed by atoms with Crippen molar-refractivity contribution in [2.45, 2.75) is 107 Å². The normalized spacial score (nSPS) is 29.8. The van der Waals surface area contributed by atoms with Crippen LogP contribution in [0.5, 0.6) is 0 Å². The van der Waals surface area contributed by atoms with E-state index in [1.54, 1.807) is 0 Å². The highest BCUT2D eigenvalue weighted by molar-refractivity contribution is 6.06. The van der Waals surface area contributed by atoms with Crippen LogP contribution in [-0.4, -0.2) is 53.0 Å². The zero-order chi connectivity index (χ0) is 28.3. The number of nitrogens with zero attached hydrogens (tertiary/aromatic N) is 1. The van der Waals surface area contributed by atoms with Gasteiger partial charge in [0.2, 0.25) is 11.8 Å². The van der Waals surface area contributed by atoms with E-state index in [9.17, 15) is 27.6 Å². The molecule has 3 aliphatic carbocycles. The highest BCUT2D eigenvalue weighted by Crippen LogP contribution is 2.57. The van der Waals surface area contributed by atoms with Gasteiger partial charge in [-0.05, 0) is 75.8 Å². The molecular formula is C29H36F4N4O3. The number of anilines is 1. The number of carbonyl (C=O) groups excluding carboxylic acids is 3. The Kier molecular flexibility index (Phi) is 6.86. The van der Waals surface area contributed by atoms with Gasteiger partial charge >= 0.3 is 6.18 Å². The van der Waals surface area contributed by atoms with Crippen LogP contribution in [0.25, 0.3) is 0 Å². The van der Waals surface area contributed by atoms with Crippen molar-refractivity contribution in [1.82, 2.24) is 15.5 Å². The lowest BCUT2D eigenvalue weighted by Gasteiger charge is -2.43. The fourth-order valence-corrected chi connectivity index (χ4v) is 6.76. The number of benzene rings is 1. The fourth-order valence-electron chi connectivity index (χ4n) is 6.76. The van der Waals surface area contributed by atoms with Crippen LogP contribution in [-0.2, 0) is 16.1 Å². The lowest BCUT2D eigenvalue weighted by atomic mass is 9.75. The molecule has 11 heteroatoms. The molecule has 0 aromatic heterocycles. The molecule has 5 aliphatic rings. The van der Waals surface area contributed by atoms with Gasteiger partial charge in [0.15, 0.2) is 0 Å². The number of alkyl halides is 3. The molecule has 4 fully saturated rings. The number of nitrogens with one attached hydrogen (secondary N) is 3. The Bertz CT molecular complexity index is 1200. The molecule has 0 radical (unpaired) electrons. The maximum atomic E-state index is 15.4. The van der Waals surface area contributed by atoms with Crippen molar-refractivity contribution in [3.05, 3.63) is 29.1 Å². The van der Waals surface area contributed by atoms with Crippen LogP contribution in [0.3, 0.4) is 0 Å². The number of rotatable bonds is 9. The third-order valence-corrected chi connectivity index (χ3v) is 9.91. The molecule has 1 atom stereocenters. The minimum absolute atomic E-state index is 0.0217. The van der Waals surface area contributed by atoms with Gasteiger partial charge in [-0.3, -0.25) is 19.7 Å². The van der Waals surface area contributed by atoms with E-state index >= 15 is 4.39 Å². The predicted octanol–water partition coefficient (Wildman–Crippen LogP) is 4.80. The molecular weight excluding hydrogens is 528 g/mol. The Hall–Kier alpha value is -2.69. The van der Waals surface area contributed by atoms with E-state index in [-0.39, 0.29) is 62.3 Å². The summed E-state index contributed by atoms with van der Waals surface area (Å²) in [5.74, 6) is -1.05. The van der Waals surface area contributed by atoms with Crippen LogP contribution in [0.1, 0.15) is 93.0 Å². The molecule has 1 aromatic rings. The molecule has 7 nitrogen and oxygen atoms in total. The maximum absolute atomic E-state index is 15.4. The average molecular weight is 565 g/mol. The van der Waals surface area contributed by atoms with Gasteiger partial charge in [0, 0.05) is 42.2 Å². The number of carbonyl (C=O) groups is 3. The summed E-state index contributed by atoms with van der Waals surface area (Å²) in [5, 5.41) is 9.00. The molecule has 1 saturated heterocycles. The van der Waals surface area contributed by atoms with Gasteiger partial charge in [0.05, 0.1) is 11.1 Å². The van der Waals surface area contributed by atoms with Crippen molar-refractivity contribution in [3.8, 4) is 0 Å². The van der Waals surface area contributed by atoms with Crippen molar-refractivity contribution in [1.29, 1.82) is 0 Å². The van der Waals surface area contributed by atoms with E-state index in [1.807, 2.05) is 0 Å². The van der Waals surface area contributed by atoms with Crippen LogP contribution in [0.4, 0.5) is 23.2 Å². The van der Waals surface area contributed by atoms with Crippen molar-refractivity contribution in [2.24, 2.45) is 11.3 Å². The van der Waals surface area contributed by atoms with Crippen molar-refractivity contribution in [2.75, 3.05) is 11.9 Å². The van der Waals surface area contributed by atoms with Crippen LogP contribution in [0.15, 0.2) is 12.1 Å². The Morgan fingerprint density at radius 3 is 2.35 bits per heavy atom. The number of halogens is 4. The highest BCUT2D eigenvalue weighted by Gasteiger charge is 2.62. The van der Waals surface area contributed by atoms with Crippen molar-refractivity contribution >= 4 is 23.4 Å². The Morgan fingerprint density at radius 2 is 1.73 bits per heavy atom. The number of hydrogen-bond donors (Lipinski definition) is 3. The zero-order valence-electron chi connectivity index (χ0n) is 22.5. The van der Waals surface area contributed by atoms with Crippen molar-refractivity contribution in [3.63, 3.8) is 0 Å². The monoisotopic (exact) mass is 564 g/mol. The summed E-state index contributed by atoms with van der Waals surface area (Å²) in [7, 11) is 0. The van der Waals surface area contributed by atoms with E-state index in [2.05, 4.69) is 16.0 Å². The summed E-state index contributed by atoms with van der Waals surface area (Å²) in [6, 6.07) is 1.92. The van der Waals surface area contributed by atoms with E-state index in [0.717, 1.165) is 12.8 Å². The first kappa shape index (κ1) is 27.5. The summed E-state index contributed by atoms with van der Waals surface area (Å²) in [5.41, 5.74) is -0.870. The number of piperidine rings is 1. The maximum Gasteiger partial charge on any atom is 0.395 e. The number of fused-ring (bicyclic) bond motifs is 1. The molecule has 218 valence electrons. The predicted molar refractivity (Wildman–Crippen MR) is 139 cm³/mol. The molecule has 2 heterocycles. The van der Waals surface area contributed by atoms with Crippen LogP contribution >= 0.6 is 0 Å². The summed E-state index contributed by atoms with van der Waals surface area (Å²) in [4.78, 5) is 38.8. The Balaban J connectivity index is 1.18. The van der Waals surface area contributed by atoms with Crippen molar-refractivity contribution < 1.29 is 31.9 Å². The van der Waals surface area contributed by atoms with Gasteiger partial charge in [-0.1, -0.05) is 12.8 Å². The smallest absolute Gasteiger partial charge is 0.377 e. The third-order valence-electron chi connectivity index (χ3n) is 9.91. The second-order valence-electron chi connectivity index (χ2n) is 12.7. The van der Waals surface area contributed by atoms with Gasteiger partial charge in [0.25, 0.3) is 5.91 Å². The molecule has 0 spiro atoms. The first-order valence-electron chi connectivity index (χ1n) is 14.5. The van der Waals surface area contributed by atoms with E-state index < -0.39 is 34.9 Å². The molecule has 3 saturated carbocycles. The standard InChI is InChI=1S/C29H36F4N4O3/c30-21-4-3-19-20(15-37(26(19)40)22-5-6-23(38)35-25(22)39)24(21)36-28(10-7-17-1-2-17)11-8-18(9-12-28)34-16-27(13-14-27)29(31,32)33/h3-4,17-18,22,34,36H,1-2,5-16H2,(H,35,38,39). The summed E-state index contributed by atoms with van der Waals surface area (Å²) in [6.07, 6.45) is 3.46. The number of hydrogen-bond acceptors (Lipinski definition) is 5. The lowest BCUT2D eigenvalue weighted by molar-refractivity contribution is -0.186. The second-order valence-corrected chi connectivity index (χ2v) is 12.7. The van der Waals surface area contributed by atoms with Crippen LogP contribution in [0, 0.1) is 17.2 Å². The van der Waals surface area contributed by atoms with Gasteiger partial charge in [0.1, 0.15) is 11.9 Å². The van der Waals surface area contributed by atoms with Gasteiger partial charge in [-0.25, -0.2) is 4.39 Å². The highest BCUT2D eigenvalue weighted by atomic mass is 19.4. The fraction of sp³-hybridized carbons (Fsp3) is 0.690. The number of amides is 3. The SMILES string of the molecule is O=C1CCC(N2Cc3c(ccc(F)c3NC3(CCC4CC4)CCC(NCC4(C(F)(F)F)CC4)CC3)C2=O)C(=O)N1. The van der Waals surface area contributed by atoms with Crippen LogP contribution in [0.2, 0.25) is 0 Å².